The number of hydrogen-bond donors (Lipinski definition) is 1. The van der Waals surface area contributed by atoms with E-state index in [4.69, 9.17) is 18.9 Å². The highest BCUT2D eigenvalue weighted by atomic mass is 16.8. The van der Waals surface area contributed by atoms with Crippen molar-refractivity contribution < 1.29 is 24.1 Å². The molecule has 0 aliphatic carbocycles. The second-order valence-electron chi connectivity index (χ2n) is 4.43. The van der Waals surface area contributed by atoms with Gasteiger partial charge in [0, 0.05) is 0 Å². The molecule has 1 N–H and O–H groups in total. The molecule has 0 saturated carbocycles. The number of aliphatic hydroxyl groups is 1. The molecule has 3 saturated heterocycles. The molecular formula is C9H14O5. The zero-order valence-electron chi connectivity index (χ0n) is 8.17. The van der Waals surface area contributed by atoms with Gasteiger partial charge in [0.05, 0.1) is 6.61 Å². The molecule has 5 nitrogen and oxygen atoms in total. The van der Waals surface area contributed by atoms with Crippen molar-refractivity contribution in [3.63, 3.8) is 0 Å². The summed E-state index contributed by atoms with van der Waals surface area (Å²) in [6.07, 6.45) is -1.93. The second kappa shape index (κ2) is 2.68. The molecule has 3 fully saturated rings. The highest BCUT2D eigenvalue weighted by Gasteiger charge is 2.58. The first-order chi connectivity index (χ1) is 6.57. The van der Waals surface area contributed by atoms with E-state index in [1.807, 2.05) is 13.8 Å². The summed E-state index contributed by atoms with van der Waals surface area (Å²) in [7, 11) is 0. The van der Waals surface area contributed by atoms with Crippen molar-refractivity contribution in [1.82, 2.24) is 0 Å². The van der Waals surface area contributed by atoms with E-state index < -0.39 is 11.9 Å². The Balaban J connectivity index is 1.88. The summed E-state index contributed by atoms with van der Waals surface area (Å²) in [5.74, 6) is -0.659. The van der Waals surface area contributed by atoms with E-state index in [1.165, 1.54) is 0 Å². The van der Waals surface area contributed by atoms with Crippen LogP contribution in [0, 0.1) is 0 Å². The molecule has 5 unspecified atom stereocenters. The number of rotatable bonds is 0. The predicted octanol–water partition coefficient (Wildman–Crippen LogP) is -0.378. The molecule has 0 aromatic carbocycles. The van der Waals surface area contributed by atoms with Gasteiger partial charge in [-0.1, -0.05) is 0 Å². The molecule has 0 aromatic heterocycles. The van der Waals surface area contributed by atoms with Crippen molar-refractivity contribution >= 4 is 0 Å². The first kappa shape index (κ1) is 9.06. The van der Waals surface area contributed by atoms with E-state index in [9.17, 15) is 5.11 Å². The Kier molecular flexibility index (Phi) is 1.73. The van der Waals surface area contributed by atoms with Crippen molar-refractivity contribution in [2.75, 3.05) is 6.61 Å². The van der Waals surface area contributed by atoms with Gasteiger partial charge in [-0.2, -0.15) is 0 Å². The quantitative estimate of drug-likeness (QED) is 0.580. The van der Waals surface area contributed by atoms with Gasteiger partial charge in [-0.3, -0.25) is 0 Å². The Bertz CT molecular complexity index is 246. The zero-order valence-corrected chi connectivity index (χ0v) is 8.17. The van der Waals surface area contributed by atoms with Gasteiger partial charge in [-0.05, 0) is 13.8 Å². The molecule has 3 aliphatic rings. The molecule has 0 amide bonds. The minimum Gasteiger partial charge on any atom is -0.387 e. The maximum atomic E-state index is 9.89. The van der Waals surface area contributed by atoms with E-state index in [1.54, 1.807) is 0 Å². The van der Waals surface area contributed by atoms with E-state index >= 15 is 0 Å². The first-order valence-corrected chi connectivity index (χ1v) is 4.88. The third-order valence-corrected chi connectivity index (χ3v) is 2.88. The van der Waals surface area contributed by atoms with Crippen LogP contribution in [0.3, 0.4) is 0 Å². The summed E-state index contributed by atoms with van der Waals surface area (Å²) in [6.45, 7) is 4.07. The van der Waals surface area contributed by atoms with Gasteiger partial charge >= 0.3 is 0 Å². The Hall–Kier alpha value is -0.200. The molecule has 0 spiro atoms. The summed E-state index contributed by atoms with van der Waals surface area (Å²) in [5, 5.41) is 9.89. The summed E-state index contributed by atoms with van der Waals surface area (Å²) in [6, 6.07) is 0. The minimum absolute atomic E-state index is 0.265. The normalized spacial score (nSPS) is 54.6. The topological polar surface area (TPSA) is 57.2 Å². The third-order valence-electron chi connectivity index (χ3n) is 2.88. The van der Waals surface area contributed by atoms with Crippen LogP contribution in [0.25, 0.3) is 0 Å². The maximum absolute atomic E-state index is 9.89. The molecule has 0 radical (unpaired) electrons. The van der Waals surface area contributed by atoms with Crippen LogP contribution in [-0.2, 0) is 18.9 Å². The molecule has 3 rings (SSSR count). The number of hydrogen-bond acceptors (Lipinski definition) is 5. The molecule has 80 valence electrons. The molecule has 3 heterocycles. The molecule has 14 heavy (non-hydrogen) atoms. The minimum atomic E-state index is -0.659. The number of ether oxygens (including phenoxy) is 4. The van der Waals surface area contributed by atoms with E-state index in [2.05, 4.69) is 0 Å². The Morgan fingerprint density at radius 2 is 1.93 bits per heavy atom. The Labute approximate surface area is 81.9 Å². The van der Waals surface area contributed by atoms with Crippen molar-refractivity contribution in [2.45, 2.75) is 50.3 Å². The standard InChI is InChI=1S/C9H14O5/c1-9(2)13-6-5(10)4-3-11-8(12-4)7(6)14-9/h4-8,10H,3H2,1-2H3. The molecule has 3 aliphatic heterocycles. The zero-order chi connectivity index (χ0) is 9.92. The van der Waals surface area contributed by atoms with Crippen LogP contribution in [0.4, 0.5) is 0 Å². The van der Waals surface area contributed by atoms with E-state index in [-0.39, 0.29) is 24.6 Å². The molecule has 5 heteroatoms. The summed E-state index contributed by atoms with van der Waals surface area (Å²) in [4.78, 5) is 0. The maximum Gasteiger partial charge on any atom is 0.187 e. The number of fused-ring (bicyclic) bond motifs is 4. The van der Waals surface area contributed by atoms with Gasteiger partial charge in [-0.15, -0.1) is 0 Å². The largest absolute Gasteiger partial charge is 0.387 e. The second-order valence-corrected chi connectivity index (χ2v) is 4.43. The summed E-state index contributed by atoms with van der Waals surface area (Å²) in [5.41, 5.74) is 0. The van der Waals surface area contributed by atoms with Crippen LogP contribution < -0.4 is 0 Å². The van der Waals surface area contributed by atoms with Crippen molar-refractivity contribution in [3.8, 4) is 0 Å². The SMILES string of the molecule is CC1(C)OC2C3OCC(O3)C(O)C2O1. The lowest BCUT2D eigenvalue weighted by Gasteiger charge is -2.31. The average Bonchev–Trinajstić information content (AvgIpc) is 2.64. The van der Waals surface area contributed by atoms with Gasteiger partial charge in [0.15, 0.2) is 12.1 Å². The van der Waals surface area contributed by atoms with Crippen LogP contribution in [0.1, 0.15) is 13.8 Å². The lowest BCUT2D eigenvalue weighted by Crippen LogP contribution is -2.52. The molecule has 0 aromatic rings. The van der Waals surface area contributed by atoms with Crippen LogP contribution in [0.5, 0.6) is 0 Å². The van der Waals surface area contributed by atoms with Crippen LogP contribution >= 0.6 is 0 Å². The highest BCUT2D eigenvalue weighted by molar-refractivity contribution is 4.98. The fourth-order valence-corrected chi connectivity index (χ4v) is 2.30. The van der Waals surface area contributed by atoms with Crippen LogP contribution in [0.15, 0.2) is 0 Å². The van der Waals surface area contributed by atoms with Gasteiger partial charge in [-0.25, -0.2) is 0 Å². The third kappa shape index (κ3) is 1.14. The van der Waals surface area contributed by atoms with Gasteiger partial charge in [0.25, 0.3) is 0 Å². The summed E-state index contributed by atoms with van der Waals surface area (Å²) < 4.78 is 22.0. The smallest absolute Gasteiger partial charge is 0.187 e. The van der Waals surface area contributed by atoms with E-state index in [0.29, 0.717) is 6.61 Å². The Morgan fingerprint density at radius 3 is 2.71 bits per heavy atom. The molecular weight excluding hydrogens is 188 g/mol. The first-order valence-electron chi connectivity index (χ1n) is 4.88. The van der Waals surface area contributed by atoms with Gasteiger partial charge in [0.1, 0.15) is 24.4 Å². The van der Waals surface area contributed by atoms with Gasteiger partial charge < -0.3 is 24.1 Å². The predicted molar refractivity (Wildman–Crippen MR) is 44.4 cm³/mol. The summed E-state index contributed by atoms with van der Waals surface area (Å²) >= 11 is 0. The monoisotopic (exact) mass is 202 g/mol. The van der Waals surface area contributed by atoms with Gasteiger partial charge in [0.2, 0.25) is 0 Å². The van der Waals surface area contributed by atoms with Crippen molar-refractivity contribution in [1.29, 1.82) is 0 Å². The molecule has 5 atom stereocenters. The fourth-order valence-electron chi connectivity index (χ4n) is 2.30. The van der Waals surface area contributed by atoms with Crippen LogP contribution in [0.2, 0.25) is 0 Å². The lowest BCUT2D eigenvalue weighted by atomic mass is 10.0. The van der Waals surface area contributed by atoms with E-state index in [0.717, 1.165) is 0 Å². The molecule has 2 bridgehead atoms. The lowest BCUT2D eigenvalue weighted by molar-refractivity contribution is -0.198. The number of aliphatic hydroxyl groups excluding tert-OH is 1. The highest BCUT2D eigenvalue weighted by Crippen LogP contribution is 2.40. The van der Waals surface area contributed by atoms with Crippen molar-refractivity contribution in [2.24, 2.45) is 0 Å². The Morgan fingerprint density at radius 1 is 1.21 bits per heavy atom. The average molecular weight is 202 g/mol. The van der Waals surface area contributed by atoms with Crippen LogP contribution in [-0.4, -0.2) is 48.2 Å². The fraction of sp³-hybridized carbons (Fsp3) is 1.00. The van der Waals surface area contributed by atoms with Crippen molar-refractivity contribution in [3.05, 3.63) is 0 Å².